The Morgan fingerprint density at radius 2 is 2.13 bits per heavy atom. The molecule has 0 unspecified atom stereocenters. The fraction of sp³-hybridized carbons (Fsp3) is 0.167. The van der Waals surface area contributed by atoms with Crippen LogP contribution in [0.2, 0.25) is 5.15 Å². The average molecular weight is 467 g/mol. The van der Waals surface area contributed by atoms with Gasteiger partial charge in [-0.25, -0.2) is 19.0 Å². The number of amides is 3. The highest BCUT2D eigenvalue weighted by molar-refractivity contribution is 7.13. The van der Waals surface area contributed by atoms with E-state index in [1.54, 1.807) is 17.5 Å². The first kappa shape index (κ1) is 22.2. The number of benzene rings is 1. The van der Waals surface area contributed by atoms with Crippen molar-refractivity contribution in [3.05, 3.63) is 57.9 Å². The number of carbonyl (C=O) groups excluding carboxylic acids is 2. The van der Waals surface area contributed by atoms with Crippen LogP contribution >= 0.6 is 22.9 Å². The molecule has 0 aliphatic carbocycles. The first-order chi connectivity index (χ1) is 14.8. The predicted octanol–water partition coefficient (Wildman–Crippen LogP) is 3.38. The SMILES string of the molecule is CN(Cc1csc(NC(=O)NCc2cccc(F)c2)n1)C(=O)Oc1cc(O)nnc1Cl. The van der Waals surface area contributed by atoms with E-state index in [0.29, 0.717) is 16.4 Å². The van der Waals surface area contributed by atoms with E-state index in [4.69, 9.17) is 16.3 Å². The van der Waals surface area contributed by atoms with Crippen LogP contribution in [0.25, 0.3) is 0 Å². The van der Waals surface area contributed by atoms with Crippen molar-refractivity contribution in [1.82, 2.24) is 25.4 Å². The summed E-state index contributed by atoms with van der Waals surface area (Å²) in [7, 11) is 1.48. The van der Waals surface area contributed by atoms with Gasteiger partial charge in [-0.3, -0.25) is 5.32 Å². The predicted molar refractivity (Wildman–Crippen MR) is 111 cm³/mol. The molecule has 2 aromatic heterocycles. The Morgan fingerprint density at radius 3 is 2.90 bits per heavy atom. The maximum Gasteiger partial charge on any atom is 0.415 e. The second-order valence-electron chi connectivity index (χ2n) is 6.16. The Bertz CT molecular complexity index is 1100. The first-order valence-electron chi connectivity index (χ1n) is 8.69. The van der Waals surface area contributed by atoms with Crippen LogP contribution < -0.4 is 15.4 Å². The highest BCUT2D eigenvalue weighted by atomic mass is 35.5. The quantitative estimate of drug-likeness (QED) is 0.507. The number of aromatic nitrogens is 3. The number of hydrogen-bond acceptors (Lipinski definition) is 8. The molecule has 13 heteroatoms. The van der Waals surface area contributed by atoms with Gasteiger partial charge in [0.15, 0.2) is 16.0 Å². The zero-order chi connectivity index (χ0) is 22.4. The molecule has 0 spiro atoms. The van der Waals surface area contributed by atoms with Crippen molar-refractivity contribution in [3.8, 4) is 11.6 Å². The molecule has 3 amide bonds. The monoisotopic (exact) mass is 466 g/mol. The van der Waals surface area contributed by atoms with Gasteiger partial charge in [0.25, 0.3) is 0 Å². The van der Waals surface area contributed by atoms with E-state index in [9.17, 15) is 19.1 Å². The zero-order valence-electron chi connectivity index (χ0n) is 16.0. The number of carbonyl (C=O) groups is 2. The molecule has 162 valence electrons. The van der Waals surface area contributed by atoms with E-state index in [0.717, 1.165) is 6.07 Å². The number of rotatable bonds is 6. The summed E-state index contributed by atoms with van der Waals surface area (Å²) >= 11 is 6.94. The number of thiazole rings is 1. The van der Waals surface area contributed by atoms with Crippen LogP contribution in [0.5, 0.6) is 11.6 Å². The normalized spacial score (nSPS) is 10.4. The summed E-state index contributed by atoms with van der Waals surface area (Å²) in [4.78, 5) is 29.6. The van der Waals surface area contributed by atoms with E-state index in [2.05, 4.69) is 25.8 Å². The molecule has 10 nitrogen and oxygen atoms in total. The number of nitrogens with one attached hydrogen (secondary N) is 2. The largest absolute Gasteiger partial charge is 0.492 e. The van der Waals surface area contributed by atoms with Crippen LogP contribution in [-0.2, 0) is 13.1 Å². The summed E-state index contributed by atoms with van der Waals surface area (Å²) < 4.78 is 18.2. The molecule has 3 aromatic rings. The van der Waals surface area contributed by atoms with Crippen LogP contribution in [0.3, 0.4) is 0 Å². The number of aromatic hydroxyl groups is 1. The Labute approximate surface area is 184 Å². The van der Waals surface area contributed by atoms with E-state index in [1.165, 1.54) is 35.4 Å². The van der Waals surface area contributed by atoms with Gasteiger partial charge in [-0.2, -0.15) is 0 Å². The van der Waals surface area contributed by atoms with Crippen LogP contribution in [0.15, 0.2) is 35.7 Å². The Hall–Kier alpha value is -3.51. The number of urea groups is 1. The van der Waals surface area contributed by atoms with E-state index in [1.807, 2.05) is 0 Å². The first-order valence-corrected chi connectivity index (χ1v) is 9.95. The van der Waals surface area contributed by atoms with Gasteiger partial charge in [-0.15, -0.1) is 21.5 Å². The van der Waals surface area contributed by atoms with Crippen molar-refractivity contribution in [3.63, 3.8) is 0 Å². The topological polar surface area (TPSA) is 130 Å². The maximum absolute atomic E-state index is 13.2. The van der Waals surface area contributed by atoms with Crippen molar-refractivity contribution in [2.45, 2.75) is 13.1 Å². The standard InChI is InChI=1S/C18H16ClFN6O4S/c1-26(18(29)30-13-6-14(27)24-25-15(13)19)8-12-9-31-17(22-12)23-16(28)21-7-10-3-2-4-11(20)5-10/h2-6,9H,7-8H2,1H3,(H,24,27)(H2,21,22,23,28). The lowest BCUT2D eigenvalue weighted by molar-refractivity contribution is 0.160. The van der Waals surface area contributed by atoms with Crippen molar-refractivity contribution >= 4 is 40.2 Å². The van der Waals surface area contributed by atoms with Crippen LogP contribution in [0, 0.1) is 5.82 Å². The van der Waals surface area contributed by atoms with Crippen LogP contribution in [-0.4, -0.2) is 44.4 Å². The van der Waals surface area contributed by atoms with Crippen LogP contribution in [0.1, 0.15) is 11.3 Å². The van der Waals surface area contributed by atoms with E-state index >= 15 is 0 Å². The van der Waals surface area contributed by atoms with E-state index < -0.39 is 18.0 Å². The summed E-state index contributed by atoms with van der Waals surface area (Å²) in [6, 6.07) is 6.45. The fourth-order valence-electron chi connectivity index (χ4n) is 2.31. The molecule has 0 radical (unpaired) electrons. The summed E-state index contributed by atoms with van der Waals surface area (Å²) in [5, 5.41) is 23.1. The Morgan fingerprint density at radius 1 is 1.32 bits per heavy atom. The molecular weight excluding hydrogens is 451 g/mol. The van der Waals surface area contributed by atoms with Gasteiger partial charge in [-0.1, -0.05) is 23.7 Å². The molecule has 3 rings (SSSR count). The Kier molecular flexibility index (Phi) is 7.15. The highest BCUT2D eigenvalue weighted by Gasteiger charge is 2.17. The number of ether oxygens (including phenoxy) is 1. The minimum Gasteiger partial charge on any atom is -0.492 e. The smallest absolute Gasteiger partial charge is 0.415 e. The molecule has 0 fully saturated rings. The zero-order valence-corrected chi connectivity index (χ0v) is 17.6. The van der Waals surface area contributed by atoms with Crippen molar-refractivity contribution in [2.24, 2.45) is 0 Å². The van der Waals surface area contributed by atoms with Gasteiger partial charge in [0.2, 0.25) is 5.88 Å². The summed E-state index contributed by atoms with van der Waals surface area (Å²) in [6.07, 6.45) is -0.760. The minimum atomic E-state index is -0.760. The molecule has 0 saturated carbocycles. The fourth-order valence-corrected chi connectivity index (χ4v) is 3.14. The number of anilines is 1. The lowest BCUT2D eigenvalue weighted by Crippen LogP contribution is -2.29. The third kappa shape index (κ3) is 6.49. The number of hydrogen-bond donors (Lipinski definition) is 3. The third-order valence-electron chi connectivity index (χ3n) is 3.73. The molecule has 0 saturated heterocycles. The van der Waals surface area contributed by atoms with Crippen molar-refractivity contribution < 1.29 is 23.8 Å². The minimum absolute atomic E-state index is 0.0873. The second kappa shape index (κ2) is 10.00. The molecule has 31 heavy (non-hydrogen) atoms. The molecule has 1 aromatic carbocycles. The second-order valence-corrected chi connectivity index (χ2v) is 7.38. The molecule has 0 atom stereocenters. The molecule has 0 aliphatic heterocycles. The molecule has 0 aliphatic rings. The molecule has 3 N–H and O–H groups in total. The Balaban J connectivity index is 1.50. The van der Waals surface area contributed by atoms with Gasteiger partial charge < -0.3 is 20.1 Å². The highest BCUT2D eigenvalue weighted by Crippen LogP contribution is 2.24. The third-order valence-corrected chi connectivity index (χ3v) is 4.79. The molecule has 2 heterocycles. The van der Waals surface area contributed by atoms with Gasteiger partial charge in [0, 0.05) is 25.0 Å². The summed E-state index contributed by atoms with van der Waals surface area (Å²) in [5.74, 6) is -0.964. The lowest BCUT2D eigenvalue weighted by Gasteiger charge is -2.15. The average Bonchev–Trinajstić information content (AvgIpc) is 3.15. The maximum atomic E-state index is 13.2. The summed E-state index contributed by atoms with van der Waals surface area (Å²) in [6.45, 7) is 0.239. The summed E-state index contributed by atoms with van der Waals surface area (Å²) in [5.41, 5.74) is 1.12. The van der Waals surface area contributed by atoms with Gasteiger partial charge in [-0.05, 0) is 17.7 Å². The van der Waals surface area contributed by atoms with Gasteiger partial charge >= 0.3 is 12.1 Å². The van der Waals surface area contributed by atoms with Crippen LogP contribution in [0.4, 0.5) is 19.1 Å². The lowest BCUT2D eigenvalue weighted by atomic mass is 10.2. The number of halogens is 2. The van der Waals surface area contributed by atoms with E-state index in [-0.39, 0.29) is 29.8 Å². The van der Waals surface area contributed by atoms with Gasteiger partial charge in [0.1, 0.15) is 5.82 Å². The van der Waals surface area contributed by atoms with Gasteiger partial charge in [0.05, 0.1) is 12.2 Å². The number of nitrogens with zero attached hydrogens (tertiary/aromatic N) is 4. The molecular formula is C18H16ClFN6O4S. The molecule has 0 bridgehead atoms. The van der Waals surface area contributed by atoms with Crippen molar-refractivity contribution in [1.29, 1.82) is 0 Å². The van der Waals surface area contributed by atoms with Crippen molar-refractivity contribution in [2.75, 3.05) is 12.4 Å².